The summed E-state index contributed by atoms with van der Waals surface area (Å²) >= 11 is 0. The summed E-state index contributed by atoms with van der Waals surface area (Å²) < 4.78 is 35.1. The molecule has 4 aromatic carbocycles. The highest BCUT2D eigenvalue weighted by Gasteiger charge is 2.36. The molecule has 0 spiro atoms. The van der Waals surface area contributed by atoms with Crippen LogP contribution in [0.15, 0.2) is 114 Å². The number of methoxy groups -OCH3 is 1. The first-order chi connectivity index (χ1) is 21.4. The van der Waals surface area contributed by atoms with E-state index in [9.17, 15) is 18.0 Å². The number of anilines is 1. The summed E-state index contributed by atoms with van der Waals surface area (Å²) in [6.07, 6.45) is 0.237. The second-order valence-electron chi connectivity index (χ2n) is 11.9. The Bertz CT molecular complexity index is 1690. The zero-order valence-corrected chi connectivity index (χ0v) is 27.3. The molecule has 4 rings (SSSR count). The Morgan fingerprint density at radius 3 is 1.93 bits per heavy atom. The average molecular weight is 628 g/mol. The number of hydrogen-bond acceptors (Lipinski definition) is 5. The Hall–Kier alpha value is -4.63. The lowest BCUT2D eigenvalue weighted by molar-refractivity contribution is -0.140. The highest BCUT2D eigenvalue weighted by Crippen LogP contribution is 2.33. The molecule has 8 nitrogen and oxygen atoms in total. The lowest BCUT2D eigenvalue weighted by Gasteiger charge is -2.35. The molecule has 9 heteroatoms. The Balaban J connectivity index is 1.83. The molecule has 0 fully saturated rings. The molecule has 0 aromatic heterocycles. The van der Waals surface area contributed by atoms with E-state index in [0.717, 1.165) is 21.0 Å². The number of nitrogens with zero attached hydrogens (tertiary/aromatic N) is 2. The van der Waals surface area contributed by atoms with Gasteiger partial charge in [0.25, 0.3) is 10.0 Å². The number of benzene rings is 4. The predicted molar refractivity (Wildman–Crippen MR) is 178 cm³/mol. The van der Waals surface area contributed by atoms with Gasteiger partial charge in [0.2, 0.25) is 11.8 Å². The quantitative estimate of drug-likeness (QED) is 0.216. The van der Waals surface area contributed by atoms with E-state index >= 15 is 0 Å². The maximum atomic E-state index is 14.6. The van der Waals surface area contributed by atoms with Crippen LogP contribution >= 0.6 is 0 Å². The van der Waals surface area contributed by atoms with E-state index in [0.29, 0.717) is 5.75 Å². The van der Waals surface area contributed by atoms with Gasteiger partial charge in [-0.2, -0.15) is 0 Å². The van der Waals surface area contributed by atoms with Crippen LogP contribution in [0.5, 0.6) is 5.75 Å². The third kappa shape index (κ3) is 8.73. The zero-order valence-electron chi connectivity index (χ0n) is 26.4. The highest BCUT2D eigenvalue weighted by atomic mass is 32.2. The van der Waals surface area contributed by atoms with Gasteiger partial charge in [-0.3, -0.25) is 13.9 Å². The van der Waals surface area contributed by atoms with Gasteiger partial charge < -0.3 is 15.0 Å². The summed E-state index contributed by atoms with van der Waals surface area (Å²) in [6.45, 7) is 7.05. The van der Waals surface area contributed by atoms with Gasteiger partial charge in [0.15, 0.2) is 0 Å². The third-order valence-corrected chi connectivity index (χ3v) is 8.98. The molecule has 0 aliphatic carbocycles. The van der Waals surface area contributed by atoms with Crippen molar-refractivity contribution < 1.29 is 22.7 Å². The minimum atomic E-state index is -4.23. The topological polar surface area (TPSA) is 96.0 Å². The van der Waals surface area contributed by atoms with Crippen molar-refractivity contribution in [1.29, 1.82) is 0 Å². The number of carbonyl (C=O) groups excluding carboxylic acids is 2. The monoisotopic (exact) mass is 627 g/mol. The van der Waals surface area contributed by atoms with Crippen LogP contribution in [0.25, 0.3) is 0 Å². The van der Waals surface area contributed by atoms with Crippen LogP contribution in [0.2, 0.25) is 0 Å². The fourth-order valence-corrected chi connectivity index (χ4v) is 6.40. The van der Waals surface area contributed by atoms with Gasteiger partial charge in [0, 0.05) is 18.5 Å². The second kappa shape index (κ2) is 14.4. The van der Waals surface area contributed by atoms with Crippen molar-refractivity contribution in [1.82, 2.24) is 10.2 Å². The number of nitrogens with one attached hydrogen (secondary N) is 1. The molecule has 0 bridgehead atoms. The van der Waals surface area contributed by atoms with Crippen LogP contribution in [0.3, 0.4) is 0 Å². The lowest BCUT2D eigenvalue weighted by atomic mass is 10.0. The van der Waals surface area contributed by atoms with E-state index in [2.05, 4.69) is 5.32 Å². The van der Waals surface area contributed by atoms with Crippen LogP contribution in [-0.2, 0) is 32.6 Å². The Morgan fingerprint density at radius 1 is 0.800 bits per heavy atom. The normalized spacial score (nSPS) is 12.2. The molecule has 4 aromatic rings. The van der Waals surface area contributed by atoms with Crippen LogP contribution in [0.1, 0.15) is 37.5 Å². The summed E-state index contributed by atoms with van der Waals surface area (Å²) in [5, 5.41) is 3.04. The van der Waals surface area contributed by atoms with Gasteiger partial charge in [-0.1, -0.05) is 90.5 Å². The second-order valence-corrected chi connectivity index (χ2v) is 13.8. The third-order valence-electron chi connectivity index (χ3n) is 7.21. The number of carbonyl (C=O) groups is 2. The largest absolute Gasteiger partial charge is 0.495 e. The summed E-state index contributed by atoms with van der Waals surface area (Å²) in [5.74, 6) is -0.576. The zero-order chi connectivity index (χ0) is 32.6. The van der Waals surface area contributed by atoms with Crippen LogP contribution in [0, 0.1) is 6.92 Å². The number of amides is 2. The number of ether oxygens (including phenoxy) is 1. The van der Waals surface area contributed by atoms with Gasteiger partial charge in [-0.25, -0.2) is 8.42 Å². The fraction of sp³-hybridized carbons (Fsp3) is 0.278. The average Bonchev–Trinajstić information content (AvgIpc) is 3.01. The van der Waals surface area contributed by atoms with Gasteiger partial charge in [0.1, 0.15) is 18.3 Å². The van der Waals surface area contributed by atoms with E-state index in [4.69, 9.17) is 4.74 Å². The molecule has 1 atom stereocenters. The Morgan fingerprint density at radius 2 is 1.36 bits per heavy atom. The summed E-state index contributed by atoms with van der Waals surface area (Å²) in [7, 11) is -2.78. The fourth-order valence-electron chi connectivity index (χ4n) is 4.97. The van der Waals surface area contributed by atoms with Gasteiger partial charge >= 0.3 is 0 Å². The lowest BCUT2D eigenvalue weighted by Crippen LogP contribution is -2.56. The number of para-hydroxylation sites is 2. The van der Waals surface area contributed by atoms with Gasteiger partial charge in [-0.05, 0) is 63.1 Å². The molecule has 0 saturated heterocycles. The molecule has 0 saturated carbocycles. The summed E-state index contributed by atoms with van der Waals surface area (Å²) in [5.41, 5.74) is 2.22. The maximum absolute atomic E-state index is 14.6. The molecule has 45 heavy (non-hydrogen) atoms. The molecule has 0 radical (unpaired) electrons. The van der Waals surface area contributed by atoms with Crippen molar-refractivity contribution in [3.63, 3.8) is 0 Å². The number of rotatable bonds is 12. The minimum absolute atomic E-state index is 0.0349. The smallest absolute Gasteiger partial charge is 0.264 e. The minimum Gasteiger partial charge on any atom is -0.495 e. The Labute approximate surface area is 266 Å². The van der Waals surface area contributed by atoms with E-state index in [-0.39, 0.29) is 29.5 Å². The first kappa shape index (κ1) is 33.3. The number of sulfonamides is 1. The van der Waals surface area contributed by atoms with Crippen molar-refractivity contribution in [2.45, 2.75) is 57.1 Å². The molecule has 0 aliphatic heterocycles. The molecule has 0 aliphatic rings. The standard InChI is InChI=1S/C36H41N3O5S/c1-27-20-22-30(23-21-27)45(42,43)39(31-18-12-13-19-33(31)44-5)26-34(40)38(25-29-16-10-7-11-17-29)32(35(41)37-36(2,3)4)24-28-14-8-6-9-15-28/h6-23,32H,24-26H2,1-5H3,(H,37,41)/t32-/m1/s1. The maximum Gasteiger partial charge on any atom is 0.264 e. The van der Waals surface area contributed by atoms with Crippen molar-refractivity contribution in [3.8, 4) is 5.75 Å². The van der Waals surface area contributed by atoms with E-state index in [1.54, 1.807) is 36.4 Å². The first-order valence-electron chi connectivity index (χ1n) is 14.8. The van der Waals surface area contributed by atoms with E-state index < -0.39 is 34.1 Å². The molecule has 0 heterocycles. The van der Waals surface area contributed by atoms with E-state index in [1.165, 1.54) is 24.1 Å². The molecular formula is C36H41N3O5S. The first-order valence-corrected chi connectivity index (χ1v) is 16.2. The summed E-state index contributed by atoms with van der Waals surface area (Å²) in [4.78, 5) is 30.0. The Kier molecular flexibility index (Phi) is 10.7. The van der Waals surface area contributed by atoms with Gasteiger partial charge in [-0.15, -0.1) is 0 Å². The van der Waals surface area contributed by atoms with Crippen molar-refractivity contribution in [3.05, 3.63) is 126 Å². The highest BCUT2D eigenvalue weighted by molar-refractivity contribution is 7.92. The molecular weight excluding hydrogens is 586 g/mol. The van der Waals surface area contributed by atoms with Gasteiger partial charge in [0.05, 0.1) is 17.7 Å². The predicted octanol–water partition coefficient (Wildman–Crippen LogP) is 5.75. The number of hydrogen-bond donors (Lipinski definition) is 1. The molecule has 236 valence electrons. The van der Waals surface area contributed by atoms with Crippen molar-refractivity contribution in [2.24, 2.45) is 0 Å². The van der Waals surface area contributed by atoms with Crippen molar-refractivity contribution in [2.75, 3.05) is 18.0 Å². The molecule has 0 unspecified atom stereocenters. The van der Waals surface area contributed by atoms with E-state index in [1.807, 2.05) is 88.4 Å². The van der Waals surface area contributed by atoms with Crippen LogP contribution in [-0.4, -0.2) is 50.4 Å². The SMILES string of the molecule is COc1ccccc1N(CC(=O)N(Cc1ccccc1)[C@H](Cc1ccccc1)C(=O)NC(C)(C)C)S(=O)(=O)c1ccc(C)cc1. The molecule has 2 amide bonds. The summed E-state index contributed by atoms with van der Waals surface area (Å²) in [6, 6.07) is 31.0. The van der Waals surface area contributed by atoms with Crippen LogP contribution < -0.4 is 14.4 Å². The van der Waals surface area contributed by atoms with Crippen molar-refractivity contribution >= 4 is 27.5 Å². The number of aryl methyl sites for hydroxylation is 1. The molecule has 1 N–H and O–H groups in total. The van der Waals surface area contributed by atoms with Crippen LogP contribution in [0.4, 0.5) is 5.69 Å².